The molecule has 0 saturated heterocycles. The van der Waals surface area contributed by atoms with Crippen LogP contribution in [0.1, 0.15) is 0 Å². The maximum Gasteiger partial charge on any atom is 0.138 e. The lowest BCUT2D eigenvalue weighted by molar-refractivity contribution is 1.09. The number of para-hydroxylation sites is 4. The number of aromatic nitrogens is 4. The molecule has 4 nitrogen and oxygen atoms in total. The highest BCUT2D eigenvalue weighted by molar-refractivity contribution is 7.26. The number of fused-ring (bicyclic) bond motifs is 9. The standard InChI is InChI=1S/C34H20N4S/c1-5-13-27-21(9-1)22-10-2-6-14-28(22)37(27)31-19-35-18-26-25-17-33(36-20-32(25)39-34(26)31)38-29-15-7-3-11-23(29)24-12-4-8-16-30(24)38/h1-20H. The van der Waals surface area contributed by atoms with Gasteiger partial charge in [0.15, 0.2) is 0 Å². The first-order valence-electron chi connectivity index (χ1n) is 13.0. The van der Waals surface area contributed by atoms with E-state index < -0.39 is 0 Å². The summed E-state index contributed by atoms with van der Waals surface area (Å²) in [5.74, 6) is 0.918. The molecule has 5 heterocycles. The van der Waals surface area contributed by atoms with E-state index in [1.807, 2.05) is 18.6 Å². The quantitative estimate of drug-likeness (QED) is 0.230. The van der Waals surface area contributed by atoms with Crippen LogP contribution in [0.25, 0.3) is 75.3 Å². The summed E-state index contributed by atoms with van der Waals surface area (Å²) < 4.78 is 7.01. The minimum Gasteiger partial charge on any atom is -0.306 e. The van der Waals surface area contributed by atoms with E-state index >= 15 is 0 Å². The lowest BCUT2D eigenvalue weighted by atomic mass is 10.2. The Hall–Kier alpha value is -5.00. The Morgan fingerprint density at radius 3 is 1.56 bits per heavy atom. The van der Waals surface area contributed by atoms with E-state index in [1.165, 1.54) is 42.7 Å². The van der Waals surface area contributed by atoms with Gasteiger partial charge < -0.3 is 4.57 Å². The summed E-state index contributed by atoms with van der Waals surface area (Å²) in [6.07, 6.45) is 6.02. The molecule has 0 spiro atoms. The van der Waals surface area contributed by atoms with Crippen molar-refractivity contribution in [2.75, 3.05) is 0 Å². The molecule has 0 bridgehead atoms. The van der Waals surface area contributed by atoms with E-state index in [1.54, 1.807) is 11.3 Å². The van der Waals surface area contributed by atoms with Crippen molar-refractivity contribution in [1.29, 1.82) is 0 Å². The normalized spacial score (nSPS) is 12.1. The highest BCUT2D eigenvalue weighted by atomic mass is 32.1. The van der Waals surface area contributed by atoms with Crippen molar-refractivity contribution in [2.45, 2.75) is 0 Å². The van der Waals surface area contributed by atoms with Crippen LogP contribution >= 0.6 is 11.3 Å². The lowest BCUT2D eigenvalue weighted by Crippen LogP contribution is -1.96. The molecule has 0 saturated carbocycles. The zero-order valence-electron chi connectivity index (χ0n) is 20.7. The van der Waals surface area contributed by atoms with Crippen LogP contribution in [0.4, 0.5) is 0 Å². The van der Waals surface area contributed by atoms with Crippen LogP contribution in [0, 0.1) is 0 Å². The maximum absolute atomic E-state index is 4.98. The molecule has 9 aromatic rings. The molecule has 5 heteroatoms. The fourth-order valence-corrected chi connectivity index (χ4v) is 7.33. The molecule has 0 aliphatic rings. The van der Waals surface area contributed by atoms with Gasteiger partial charge >= 0.3 is 0 Å². The fourth-order valence-electron chi connectivity index (χ4n) is 6.20. The van der Waals surface area contributed by atoms with Gasteiger partial charge in [0.2, 0.25) is 0 Å². The minimum absolute atomic E-state index is 0.918. The van der Waals surface area contributed by atoms with E-state index in [0.29, 0.717) is 0 Å². The second kappa shape index (κ2) is 7.76. The van der Waals surface area contributed by atoms with Crippen molar-refractivity contribution in [3.63, 3.8) is 0 Å². The van der Waals surface area contributed by atoms with Gasteiger partial charge in [-0.1, -0.05) is 72.8 Å². The number of hydrogen-bond acceptors (Lipinski definition) is 3. The summed E-state index contributed by atoms with van der Waals surface area (Å²) in [5.41, 5.74) is 5.80. The van der Waals surface area contributed by atoms with E-state index in [9.17, 15) is 0 Å². The van der Waals surface area contributed by atoms with Crippen molar-refractivity contribution >= 4 is 75.1 Å². The Morgan fingerprint density at radius 1 is 0.487 bits per heavy atom. The first-order valence-corrected chi connectivity index (χ1v) is 13.8. The SMILES string of the molecule is c1ccc2c(c1)c1ccccc1n2-c1cc2c(cn1)sc1c(-n3c4ccccc4c4ccccc43)cncc12. The Kier molecular flexibility index (Phi) is 4.18. The third kappa shape index (κ3) is 2.82. The third-order valence-corrected chi connectivity index (χ3v) is 9.04. The molecule has 0 unspecified atom stereocenters. The molecule has 0 amide bonds. The predicted molar refractivity (Wildman–Crippen MR) is 164 cm³/mol. The van der Waals surface area contributed by atoms with Crippen LogP contribution in [0.3, 0.4) is 0 Å². The summed E-state index contributed by atoms with van der Waals surface area (Å²) in [4.78, 5) is 9.74. The molecule has 0 N–H and O–H groups in total. The van der Waals surface area contributed by atoms with Gasteiger partial charge in [0.1, 0.15) is 5.82 Å². The van der Waals surface area contributed by atoms with Gasteiger partial charge in [0, 0.05) is 44.7 Å². The average molecular weight is 517 g/mol. The second-order valence-corrected chi connectivity index (χ2v) is 11.0. The molecule has 0 atom stereocenters. The number of thiophene rings is 1. The van der Waals surface area contributed by atoms with Gasteiger partial charge in [-0.2, -0.15) is 0 Å². The van der Waals surface area contributed by atoms with Crippen molar-refractivity contribution in [3.8, 4) is 11.5 Å². The maximum atomic E-state index is 4.98. The summed E-state index contributed by atoms with van der Waals surface area (Å²) in [7, 11) is 0. The summed E-state index contributed by atoms with van der Waals surface area (Å²) in [6, 6.07) is 36.6. The Labute approximate surface area is 227 Å². The molecule has 0 radical (unpaired) electrons. The van der Waals surface area contributed by atoms with Gasteiger partial charge in [0.05, 0.1) is 43.4 Å². The zero-order valence-corrected chi connectivity index (χ0v) is 21.6. The van der Waals surface area contributed by atoms with Crippen molar-refractivity contribution in [1.82, 2.24) is 19.1 Å². The van der Waals surface area contributed by atoms with Crippen LogP contribution in [0.2, 0.25) is 0 Å². The molecular weight excluding hydrogens is 496 g/mol. The van der Waals surface area contributed by atoms with E-state index in [0.717, 1.165) is 32.6 Å². The Balaban J connectivity index is 1.34. The fraction of sp³-hybridized carbons (Fsp3) is 0. The van der Waals surface area contributed by atoms with Gasteiger partial charge in [-0.15, -0.1) is 11.3 Å². The van der Waals surface area contributed by atoms with E-state index in [2.05, 4.69) is 112 Å². The number of rotatable bonds is 2. The highest BCUT2D eigenvalue weighted by Gasteiger charge is 2.18. The topological polar surface area (TPSA) is 35.6 Å². The monoisotopic (exact) mass is 516 g/mol. The van der Waals surface area contributed by atoms with Crippen LogP contribution in [0.15, 0.2) is 122 Å². The summed E-state index contributed by atoms with van der Waals surface area (Å²) in [5, 5.41) is 7.31. The number of pyridine rings is 2. The molecule has 4 aromatic carbocycles. The van der Waals surface area contributed by atoms with Gasteiger partial charge in [-0.25, -0.2) is 4.98 Å². The van der Waals surface area contributed by atoms with E-state index in [-0.39, 0.29) is 0 Å². The molecule has 39 heavy (non-hydrogen) atoms. The largest absolute Gasteiger partial charge is 0.306 e. The third-order valence-electron chi connectivity index (χ3n) is 7.86. The van der Waals surface area contributed by atoms with E-state index in [4.69, 9.17) is 9.97 Å². The van der Waals surface area contributed by atoms with Gasteiger partial charge in [-0.3, -0.25) is 9.55 Å². The summed E-state index contributed by atoms with van der Waals surface area (Å²) >= 11 is 1.78. The van der Waals surface area contributed by atoms with Crippen LogP contribution in [0.5, 0.6) is 0 Å². The zero-order chi connectivity index (χ0) is 25.5. The molecule has 0 fully saturated rings. The molecular formula is C34H20N4S. The molecule has 182 valence electrons. The minimum atomic E-state index is 0.918. The molecule has 0 aliphatic heterocycles. The number of benzene rings is 4. The number of hydrogen-bond donors (Lipinski definition) is 0. The van der Waals surface area contributed by atoms with Crippen LogP contribution < -0.4 is 0 Å². The van der Waals surface area contributed by atoms with Crippen LogP contribution in [-0.2, 0) is 0 Å². The van der Waals surface area contributed by atoms with Crippen molar-refractivity contribution < 1.29 is 0 Å². The average Bonchev–Trinajstić information content (AvgIpc) is 3.65. The van der Waals surface area contributed by atoms with Crippen LogP contribution in [-0.4, -0.2) is 19.1 Å². The molecule has 9 rings (SSSR count). The smallest absolute Gasteiger partial charge is 0.138 e. The predicted octanol–water partition coefficient (Wildman–Crippen LogP) is 9.04. The molecule has 0 aliphatic carbocycles. The van der Waals surface area contributed by atoms with Crippen molar-refractivity contribution in [3.05, 3.63) is 122 Å². The first-order chi connectivity index (χ1) is 19.4. The highest BCUT2D eigenvalue weighted by Crippen LogP contribution is 2.41. The summed E-state index contributed by atoms with van der Waals surface area (Å²) in [6.45, 7) is 0. The van der Waals surface area contributed by atoms with Crippen molar-refractivity contribution in [2.24, 2.45) is 0 Å². The lowest BCUT2D eigenvalue weighted by Gasteiger charge is -2.08. The molecule has 5 aromatic heterocycles. The first kappa shape index (κ1) is 21.0. The second-order valence-electron chi connectivity index (χ2n) is 9.92. The van der Waals surface area contributed by atoms with Gasteiger partial charge in [-0.05, 0) is 30.3 Å². The Bertz CT molecular complexity index is 2300. The number of nitrogens with zero attached hydrogens (tertiary/aromatic N) is 4. The van der Waals surface area contributed by atoms with Gasteiger partial charge in [0.25, 0.3) is 0 Å². The Morgan fingerprint density at radius 2 is 1.00 bits per heavy atom.